The van der Waals surface area contributed by atoms with E-state index in [1.807, 2.05) is 0 Å². The molecule has 0 fully saturated rings. The zero-order valence-electron chi connectivity index (χ0n) is 12.8. The van der Waals surface area contributed by atoms with Crippen LogP contribution < -0.4 is 15.2 Å². The molecule has 1 aromatic rings. The number of hydrogen-bond donors (Lipinski definition) is 2. The van der Waals surface area contributed by atoms with Crippen LogP contribution in [0.5, 0.6) is 5.75 Å². The highest BCUT2D eigenvalue weighted by molar-refractivity contribution is 7.89. The van der Waals surface area contributed by atoms with E-state index in [9.17, 15) is 18.5 Å². The highest BCUT2D eigenvalue weighted by Gasteiger charge is 2.34. The smallest absolute Gasteiger partial charge is 0.293 e. The zero-order valence-corrected chi connectivity index (χ0v) is 13.6. The summed E-state index contributed by atoms with van der Waals surface area (Å²) in [5.41, 5.74) is 4.31. The number of nitrogens with one attached hydrogen (secondary N) is 1. The summed E-state index contributed by atoms with van der Waals surface area (Å²) >= 11 is 0. The van der Waals surface area contributed by atoms with Crippen molar-refractivity contribution in [2.45, 2.75) is 37.1 Å². The van der Waals surface area contributed by atoms with E-state index in [-0.39, 0.29) is 12.3 Å². The van der Waals surface area contributed by atoms with Gasteiger partial charge in [0.15, 0.2) is 4.90 Å². The second kappa shape index (κ2) is 7.03. The van der Waals surface area contributed by atoms with E-state index in [1.165, 1.54) is 13.2 Å². The Hall–Kier alpha value is -1.71. The Bertz CT molecular complexity index is 633. The maximum Gasteiger partial charge on any atom is 0.293 e. The van der Waals surface area contributed by atoms with Gasteiger partial charge in [-0.25, -0.2) is 13.1 Å². The summed E-state index contributed by atoms with van der Waals surface area (Å²) < 4.78 is 32.5. The number of nitrogens with zero attached hydrogens (tertiary/aromatic N) is 1. The summed E-state index contributed by atoms with van der Waals surface area (Å²) in [6.45, 7) is 3.71. The first-order chi connectivity index (χ1) is 10.2. The third kappa shape index (κ3) is 3.73. The third-order valence-electron chi connectivity index (χ3n) is 3.75. The first-order valence-corrected chi connectivity index (χ1v) is 8.30. The van der Waals surface area contributed by atoms with E-state index in [2.05, 4.69) is 4.72 Å². The monoisotopic (exact) mass is 331 g/mol. The maximum absolute atomic E-state index is 12.5. The van der Waals surface area contributed by atoms with Crippen LogP contribution in [-0.2, 0) is 10.0 Å². The van der Waals surface area contributed by atoms with Crippen LogP contribution in [0, 0.1) is 10.1 Å². The molecule has 0 atom stereocenters. The molecule has 0 aliphatic rings. The number of nitrogens with two attached hydrogens (primary N) is 1. The van der Waals surface area contributed by atoms with Gasteiger partial charge in [0.1, 0.15) is 5.75 Å². The number of methoxy groups -OCH3 is 1. The lowest BCUT2D eigenvalue weighted by atomic mass is 9.95. The van der Waals surface area contributed by atoms with Gasteiger partial charge >= 0.3 is 0 Å². The van der Waals surface area contributed by atoms with E-state index in [4.69, 9.17) is 10.5 Å². The molecule has 0 spiro atoms. The molecule has 0 radical (unpaired) electrons. The number of nitro groups is 1. The molecule has 9 heteroatoms. The van der Waals surface area contributed by atoms with Crippen LogP contribution in [-0.4, -0.2) is 32.5 Å². The Labute approximate surface area is 129 Å². The summed E-state index contributed by atoms with van der Waals surface area (Å²) in [4.78, 5) is 9.99. The van der Waals surface area contributed by atoms with E-state index in [0.717, 1.165) is 12.1 Å². The molecule has 3 N–H and O–H groups in total. The highest BCUT2D eigenvalue weighted by Crippen LogP contribution is 2.29. The summed E-state index contributed by atoms with van der Waals surface area (Å²) in [5.74, 6) is 0.210. The molecule has 22 heavy (non-hydrogen) atoms. The van der Waals surface area contributed by atoms with E-state index < -0.39 is 31.1 Å². The van der Waals surface area contributed by atoms with Gasteiger partial charge in [0, 0.05) is 12.1 Å². The van der Waals surface area contributed by atoms with Crippen molar-refractivity contribution in [3.05, 3.63) is 28.3 Å². The number of hydrogen-bond acceptors (Lipinski definition) is 6. The van der Waals surface area contributed by atoms with Crippen LogP contribution in [0.3, 0.4) is 0 Å². The highest BCUT2D eigenvalue weighted by atomic mass is 32.2. The van der Waals surface area contributed by atoms with Crippen LogP contribution in [0.1, 0.15) is 26.7 Å². The van der Waals surface area contributed by atoms with Gasteiger partial charge in [-0.2, -0.15) is 0 Å². The molecule has 0 saturated carbocycles. The lowest BCUT2D eigenvalue weighted by molar-refractivity contribution is -0.387. The molecule has 8 nitrogen and oxygen atoms in total. The normalized spacial score (nSPS) is 12.2. The van der Waals surface area contributed by atoms with Crippen LogP contribution >= 0.6 is 0 Å². The number of ether oxygens (including phenoxy) is 1. The quantitative estimate of drug-likeness (QED) is 0.548. The molecule has 0 bridgehead atoms. The van der Waals surface area contributed by atoms with Gasteiger partial charge in [0.05, 0.1) is 18.1 Å². The molecule has 0 heterocycles. The first kappa shape index (κ1) is 18.3. The summed E-state index contributed by atoms with van der Waals surface area (Å²) in [6.07, 6.45) is 0.951. The Morgan fingerprint density at radius 1 is 1.36 bits per heavy atom. The largest absolute Gasteiger partial charge is 0.497 e. The molecule has 0 aliphatic carbocycles. The maximum atomic E-state index is 12.5. The Morgan fingerprint density at radius 3 is 2.36 bits per heavy atom. The zero-order chi connectivity index (χ0) is 17.0. The fraction of sp³-hybridized carbons (Fsp3) is 0.538. The molecular formula is C13H21N3O5S. The summed E-state index contributed by atoms with van der Waals surface area (Å²) in [7, 11) is -2.74. The average molecular weight is 331 g/mol. The number of sulfonamides is 1. The molecule has 0 aromatic heterocycles. The number of rotatable bonds is 8. The van der Waals surface area contributed by atoms with Crippen LogP contribution in [0.15, 0.2) is 23.1 Å². The topological polar surface area (TPSA) is 125 Å². The van der Waals surface area contributed by atoms with Crippen molar-refractivity contribution in [2.24, 2.45) is 5.73 Å². The average Bonchev–Trinajstić information content (AvgIpc) is 2.52. The van der Waals surface area contributed by atoms with Gasteiger partial charge in [0.25, 0.3) is 5.69 Å². The van der Waals surface area contributed by atoms with Gasteiger partial charge in [-0.05, 0) is 25.0 Å². The van der Waals surface area contributed by atoms with Crippen molar-refractivity contribution in [3.8, 4) is 5.75 Å². The number of nitro benzene ring substituents is 1. The first-order valence-electron chi connectivity index (χ1n) is 6.81. The summed E-state index contributed by atoms with van der Waals surface area (Å²) in [5, 5.41) is 11.1. The van der Waals surface area contributed by atoms with Crippen molar-refractivity contribution < 1.29 is 18.1 Å². The molecule has 0 aliphatic heterocycles. The van der Waals surface area contributed by atoms with Gasteiger partial charge < -0.3 is 10.5 Å². The van der Waals surface area contributed by atoms with Crippen LogP contribution in [0.25, 0.3) is 0 Å². The van der Waals surface area contributed by atoms with Crippen molar-refractivity contribution in [1.29, 1.82) is 0 Å². The Kier molecular flexibility index (Phi) is 5.86. The predicted molar refractivity (Wildman–Crippen MR) is 82.3 cm³/mol. The Balaban J connectivity index is 3.37. The van der Waals surface area contributed by atoms with Gasteiger partial charge in [-0.1, -0.05) is 13.8 Å². The SMILES string of the molecule is CCC(CC)(CN)NS(=O)(=O)c1ccc(OC)cc1[N+](=O)[O-]. The van der Waals surface area contributed by atoms with E-state index >= 15 is 0 Å². The summed E-state index contributed by atoms with van der Waals surface area (Å²) in [6, 6.07) is 3.60. The van der Waals surface area contributed by atoms with E-state index in [0.29, 0.717) is 12.8 Å². The lowest BCUT2D eigenvalue weighted by Crippen LogP contribution is -2.52. The minimum absolute atomic E-state index is 0.100. The minimum atomic E-state index is -4.08. The van der Waals surface area contributed by atoms with Crippen molar-refractivity contribution >= 4 is 15.7 Å². The molecular weight excluding hydrogens is 310 g/mol. The second-order valence-corrected chi connectivity index (χ2v) is 6.54. The fourth-order valence-corrected chi connectivity index (χ4v) is 3.77. The second-order valence-electron chi connectivity index (χ2n) is 4.89. The van der Waals surface area contributed by atoms with Crippen molar-refractivity contribution in [1.82, 2.24) is 4.72 Å². The van der Waals surface area contributed by atoms with E-state index in [1.54, 1.807) is 13.8 Å². The molecule has 0 amide bonds. The van der Waals surface area contributed by atoms with Crippen LogP contribution in [0.2, 0.25) is 0 Å². The molecule has 124 valence electrons. The Morgan fingerprint density at radius 2 is 1.95 bits per heavy atom. The lowest BCUT2D eigenvalue weighted by Gasteiger charge is -2.30. The number of benzene rings is 1. The molecule has 0 unspecified atom stereocenters. The standard InChI is InChI=1S/C13H21N3O5S/c1-4-13(5-2,9-14)15-22(19,20)12-7-6-10(21-3)8-11(12)16(17)18/h6-8,15H,4-5,9,14H2,1-3H3. The fourth-order valence-electron chi connectivity index (χ4n) is 2.06. The van der Waals surface area contributed by atoms with Gasteiger partial charge in [0.2, 0.25) is 10.0 Å². The van der Waals surface area contributed by atoms with Crippen molar-refractivity contribution in [2.75, 3.05) is 13.7 Å². The van der Waals surface area contributed by atoms with Gasteiger partial charge in [-0.15, -0.1) is 0 Å². The minimum Gasteiger partial charge on any atom is -0.497 e. The third-order valence-corrected chi connectivity index (χ3v) is 5.37. The molecule has 0 saturated heterocycles. The molecule has 1 rings (SSSR count). The van der Waals surface area contributed by atoms with Gasteiger partial charge in [-0.3, -0.25) is 10.1 Å². The van der Waals surface area contributed by atoms with Crippen LogP contribution in [0.4, 0.5) is 5.69 Å². The predicted octanol–water partition coefficient (Wildman–Crippen LogP) is 1.40. The molecule has 1 aromatic carbocycles. The van der Waals surface area contributed by atoms with Crippen molar-refractivity contribution in [3.63, 3.8) is 0 Å².